The number of carbonyl (C=O) groups is 3. The van der Waals surface area contributed by atoms with E-state index >= 15 is 0 Å². The fraction of sp³-hybridized carbons (Fsp3) is 0.381. The number of halogens is 1. The predicted molar refractivity (Wildman–Crippen MR) is 119 cm³/mol. The molecular weight excluding hydrogens is 442 g/mol. The molecule has 1 aromatic heterocycles. The number of aryl methyl sites for hydroxylation is 1. The van der Waals surface area contributed by atoms with Crippen LogP contribution < -0.4 is 15.4 Å². The topological polar surface area (TPSA) is 97.0 Å². The van der Waals surface area contributed by atoms with Crippen LogP contribution in [-0.2, 0) is 9.53 Å². The van der Waals surface area contributed by atoms with Crippen LogP contribution >= 0.6 is 22.9 Å². The van der Waals surface area contributed by atoms with Crippen molar-refractivity contribution in [2.24, 2.45) is 0 Å². The second-order valence-electron chi connectivity index (χ2n) is 7.12. The lowest BCUT2D eigenvalue weighted by Crippen LogP contribution is -2.47. The van der Waals surface area contributed by atoms with Gasteiger partial charge in [-0.3, -0.25) is 9.59 Å². The number of amides is 3. The van der Waals surface area contributed by atoms with Gasteiger partial charge in [-0.15, -0.1) is 0 Å². The van der Waals surface area contributed by atoms with Crippen LogP contribution in [0.1, 0.15) is 28.8 Å². The third-order valence-corrected chi connectivity index (χ3v) is 5.91. The zero-order valence-corrected chi connectivity index (χ0v) is 18.8. The van der Waals surface area contributed by atoms with E-state index in [1.807, 2.05) is 11.8 Å². The van der Waals surface area contributed by atoms with Gasteiger partial charge >= 0.3 is 6.09 Å². The quantitative estimate of drug-likeness (QED) is 0.650. The van der Waals surface area contributed by atoms with Gasteiger partial charge in [-0.1, -0.05) is 22.9 Å². The van der Waals surface area contributed by atoms with Gasteiger partial charge in [-0.05, 0) is 55.7 Å². The lowest BCUT2D eigenvalue weighted by Gasteiger charge is -2.19. The Morgan fingerprint density at radius 2 is 1.94 bits per heavy atom. The zero-order valence-electron chi connectivity index (χ0n) is 17.3. The van der Waals surface area contributed by atoms with Crippen LogP contribution in [0.3, 0.4) is 0 Å². The van der Waals surface area contributed by atoms with E-state index in [1.165, 1.54) is 7.11 Å². The minimum Gasteiger partial charge on any atom is -0.399 e. The normalized spacial score (nSPS) is 14.2. The van der Waals surface area contributed by atoms with Gasteiger partial charge in [0.2, 0.25) is 5.91 Å². The first kappa shape index (κ1) is 23.1. The van der Waals surface area contributed by atoms with Crippen LogP contribution in [-0.4, -0.2) is 55.7 Å². The number of carbonyl (C=O) groups excluding carboxylic acids is 3. The molecule has 10 heteroatoms. The van der Waals surface area contributed by atoms with Crippen molar-refractivity contribution < 1.29 is 23.9 Å². The first-order valence-electron chi connectivity index (χ1n) is 9.81. The largest absolute Gasteiger partial charge is 0.414 e. The molecule has 1 atom stereocenters. The molecule has 8 nitrogen and oxygen atoms in total. The molecule has 1 saturated heterocycles. The molecule has 3 amide bonds. The molecule has 0 unspecified atom stereocenters. The summed E-state index contributed by atoms with van der Waals surface area (Å²) in [7, 11) is 1.43. The van der Waals surface area contributed by atoms with E-state index in [2.05, 4.69) is 10.6 Å². The molecule has 2 N–H and O–H groups in total. The van der Waals surface area contributed by atoms with Crippen LogP contribution in [0.5, 0.6) is 5.06 Å². The Morgan fingerprint density at radius 3 is 2.55 bits per heavy atom. The van der Waals surface area contributed by atoms with E-state index in [1.54, 1.807) is 30.3 Å². The Balaban J connectivity index is 1.62. The van der Waals surface area contributed by atoms with Gasteiger partial charge in [0.1, 0.15) is 6.04 Å². The molecule has 2 heterocycles. The minimum absolute atomic E-state index is 0.00299. The maximum absolute atomic E-state index is 12.7. The van der Waals surface area contributed by atoms with Crippen molar-refractivity contribution in [3.05, 3.63) is 45.8 Å². The van der Waals surface area contributed by atoms with Crippen LogP contribution in [0.25, 0.3) is 0 Å². The molecular formula is C21H24ClN3O5S. The maximum atomic E-state index is 12.7. The van der Waals surface area contributed by atoms with Crippen molar-refractivity contribution in [3.8, 4) is 5.06 Å². The highest BCUT2D eigenvalue weighted by atomic mass is 35.5. The summed E-state index contributed by atoms with van der Waals surface area (Å²) in [6.45, 7) is 3.33. The van der Waals surface area contributed by atoms with Crippen LogP contribution in [0.15, 0.2) is 30.3 Å². The smallest absolute Gasteiger partial charge is 0.399 e. The van der Waals surface area contributed by atoms with Crippen molar-refractivity contribution in [3.63, 3.8) is 0 Å². The van der Waals surface area contributed by atoms with E-state index in [0.29, 0.717) is 20.7 Å². The molecule has 0 aliphatic carbocycles. The number of ether oxygens (including phenoxy) is 2. The van der Waals surface area contributed by atoms with E-state index in [9.17, 15) is 14.4 Å². The van der Waals surface area contributed by atoms with Crippen molar-refractivity contribution >= 4 is 46.5 Å². The number of likely N-dealkylation sites (tertiary alicyclic amines) is 1. The van der Waals surface area contributed by atoms with Crippen molar-refractivity contribution in [2.45, 2.75) is 25.8 Å². The summed E-state index contributed by atoms with van der Waals surface area (Å²) in [6.07, 6.45) is 1.25. The molecule has 31 heavy (non-hydrogen) atoms. The van der Waals surface area contributed by atoms with E-state index in [0.717, 1.165) is 42.8 Å². The summed E-state index contributed by atoms with van der Waals surface area (Å²) in [5, 5.41) is 5.54. The van der Waals surface area contributed by atoms with Crippen molar-refractivity contribution in [1.82, 2.24) is 10.2 Å². The zero-order chi connectivity index (χ0) is 22.4. The van der Waals surface area contributed by atoms with Gasteiger partial charge in [0.05, 0.1) is 10.9 Å². The molecule has 0 bridgehead atoms. The summed E-state index contributed by atoms with van der Waals surface area (Å²) in [5.41, 5.74) is 1.89. The molecule has 1 fully saturated rings. The highest BCUT2D eigenvalue weighted by Crippen LogP contribution is 2.28. The number of hydrogen-bond donors (Lipinski definition) is 2. The Morgan fingerprint density at radius 1 is 1.19 bits per heavy atom. The highest BCUT2D eigenvalue weighted by molar-refractivity contribution is 7.17. The summed E-state index contributed by atoms with van der Waals surface area (Å²) >= 11 is 6.92. The lowest BCUT2D eigenvalue weighted by molar-refractivity contribution is -0.119. The summed E-state index contributed by atoms with van der Waals surface area (Å²) < 4.78 is 10.7. The Labute approximate surface area is 189 Å². The fourth-order valence-corrected chi connectivity index (χ4v) is 4.14. The highest BCUT2D eigenvalue weighted by Gasteiger charge is 2.24. The first-order valence-corrected chi connectivity index (χ1v) is 11.0. The number of thiophene rings is 1. The maximum Gasteiger partial charge on any atom is 0.414 e. The third kappa shape index (κ3) is 6.19. The molecule has 166 valence electrons. The number of rotatable bonds is 7. The molecule has 1 aliphatic heterocycles. The fourth-order valence-electron chi connectivity index (χ4n) is 3.27. The molecule has 0 spiro atoms. The van der Waals surface area contributed by atoms with Crippen LogP contribution in [0, 0.1) is 6.92 Å². The first-order chi connectivity index (χ1) is 14.9. The van der Waals surface area contributed by atoms with Crippen molar-refractivity contribution in [1.29, 1.82) is 0 Å². The van der Waals surface area contributed by atoms with E-state index < -0.39 is 18.0 Å². The summed E-state index contributed by atoms with van der Waals surface area (Å²) in [4.78, 5) is 39.3. The minimum atomic E-state index is -0.973. The molecule has 1 aromatic carbocycles. The average molecular weight is 466 g/mol. The second kappa shape index (κ2) is 10.6. The molecule has 1 aliphatic rings. The number of nitrogens with zero attached hydrogens (tertiary/aromatic N) is 1. The van der Waals surface area contributed by atoms with Crippen LogP contribution in [0.2, 0.25) is 4.34 Å². The SMILES string of the molecule is COC[C@@H](NC(=O)Oc1ccc(Cl)s1)C(=O)Nc1ccc(C(=O)N2CCCC2)c(C)c1. The van der Waals surface area contributed by atoms with E-state index in [4.69, 9.17) is 21.1 Å². The number of anilines is 1. The lowest BCUT2D eigenvalue weighted by atomic mass is 10.1. The van der Waals surface area contributed by atoms with Crippen LogP contribution in [0.4, 0.5) is 10.5 Å². The van der Waals surface area contributed by atoms with Gasteiger partial charge in [0.15, 0.2) is 5.06 Å². The second-order valence-corrected chi connectivity index (χ2v) is 8.80. The van der Waals surface area contributed by atoms with Gasteiger partial charge in [0.25, 0.3) is 5.91 Å². The predicted octanol–water partition coefficient (Wildman–Crippen LogP) is 3.69. The summed E-state index contributed by atoms with van der Waals surface area (Å²) in [6, 6.07) is 7.31. The van der Waals surface area contributed by atoms with Gasteiger partial charge in [-0.2, -0.15) is 0 Å². The van der Waals surface area contributed by atoms with Gasteiger partial charge in [-0.25, -0.2) is 4.79 Å². The van der Waals surface area contributed by atoms with Gasteiger partial charge < -0.3 is 25.0 Å². The monoisotopic (exact) mass is 465 g/mol. The Hall–Kier alpha value is -2.62. The average Bonchev–Trinajstić information content (AvgIpc) is 3.39. The number of hydrogen-bond acceptors (Lipinski definition) is 6. The number of benzene rings is 1. The molecule has 2 aromatic rings. The third-order valence-electron chi connectivity index (χ3n) is 4.80. The standard InChI is InChI=1S/C21H24ClN3O5S/c1-13-11-14(5-6-15(13)20(27)25-9-3-4-10-25)23-19(26)16(12-29-2)24-21(28)30-18-8-7-17(22)31-18/h5-8,11,16H,3-4,9-10,12H2,1-2H3,(H,23,26)(H,24,28)/t16-/m1/s1. The summed E-state index contributed by atoms with van der Waals surface area (Å²) in [5.74, 6) is -0.468. The number of methoxy groups -OCH3 is 1. The van der Waals surface area contributed by atoms with Gasteiger partial charge in [0, 0.05) is 31.5 Å². The molecule has 0 saturated carbocycles. The Kier molecular flexibility index (Phi) is 7.89. The number of nitrogens with one attached hydrogen (secondary N) is 2. The molecule has 3 rings (SSSR count). The molecule has 0 radical (unpaired) electrons. The van der Waals surface area contributed by atoms with Crippen molar-refractivity contribution in [2.75, 3.05) is 32.1 Å². The Bertz CT molecular complexity index is 958. The van der Waals surface area contributed by atoms with E-state index in [-0.39, 0.29) is 12.5 Å².